The molecule has 3 unspecified atom stereocenters. The molecule has 0 aromatic heterocycles. The van der Waals surface area contributed by atoms with E-state index in [0.717, 1.165) is 131 Å². The van der Waals surface area contributed by atoms with Crippen LogP contribution < -0.4 is 30.2 Å². The molecule has 6 aromatic rings. The Balaban J connectivity index is 0.000000144. The quantitative estimate of drug-likeness (QED) is 0.0697. The molecule has 4 saturated carbocycles. The van der Waals surface area contributed by atoms with E-state index in [-0.39, 0.29) is 37.5 Å². The number of aryl methyl sites for hydroxylation is 3. The van der Waals surface area contributed by atoms with Crippen molar-refractivity contribution in [2.24, 2.45) is 11.8 Å². The largest absolute Gasteiger partial charge is 0.488 e. The monoisotopic (exact) mass is 1330 g/mol. The molecule has 7 aliphatic rings. The summed E-state index contributed by atoms with van der Waals surface area (Å²) in [5.41, 5.74) is 13.6. The number of amides is 3. The number of carbonyl (C=O) groups excluding carboxylic acids is 3. The number of fused-ring (bicyclic) bond motifs is 5. The first-order valence-corrected chi connectivity index (χ1v) is 35.1. The number of halogens is 3. The Morgan fingerprint density at radius 3 is 1.04 bits per heavy atom. The van der Waals surface area contributed by atoms with E-state index in [1.807, 2.05) is 112 Å². The number of anilines is 3. The highest BCUT2D eigenvalue weighted by Crippen LogP contribution is 2.48. The molecule has 94 heavy (non-hydrogen) atoms. The lowest BCUT2D eigenvalue weighted by Crippen LogP contribution is -2.50. The number of ether oxygens (including phenoxy) is 3. The van der Waals surface area contributed by atoms with Crippen molar-refractivity contribution in [2.45, 2.75) is 148 Å². The Hall–Kier alpha value is -6.90. The number of nitrogens with zero attached hydrogens (tertiary/aromatic N) is 3. The van der Waals surface area contributed by atoms with Crippen molar-refractivity contribution in [3.8, 4) is 17.2 Å². The van der Waals surface area contributed by atoms with Crippen molar-refractivity contribution in [1.82, 2.24) is 0 Å². The SMILES string of the molecule is Cc1cc(Cl)cc2c1OCC(C(=O)Nc1ccc(C[N+](C)(C)C3CC4CCC3C4)cc1)=C2.Cc1cc(Cl)cc2c1OCC(C(=O)Nc1ccc(C[N+](C)(C)C3CCCC3)cc1)=C2.Cc1cc(Cl)cc2c1OCC(C(=O)Nc1ccc(C[N+](C)(C)C3CCCCCC3)cc1)=C2. The van der Waals surface area contributed by atoms with Gasteiger partial charge in [0.1, 0.15) is 56.7 Å². The molecule has 0 saturated heterocycles. The first-order valence-electron chi connectivity index (χ1n) is 34.0. The molecule has 3 aliphatic heterocycles. The molecule has 0 spiro atoms. The van der Waals surface area contributed by atoms with Crippen molar-refractivity contribution >= 4 is 87.8 Å². The average Bonchev–Trinajstić information content (AvgIpc) is 1.48. The summed E-state index contributed by atoms with van der Waals surface area (Å²) in [7, 11) is 14.1. The smallest absolute Gasteiger partial charge is 0.255 e. The molecule has 496 valence electrons. The molecule has 3 atom stereocenters. The Kier molecular flexibility index (Phi) is 21.6. The van der Waals surface area contributed by atoms with Gasteiger partial charge < -0.3 is 43.6 Å². The molecule has 4 aliphatic carbocycles. The van der Waals surface area contributed by atoms with Crippen LogP contribution in [0, 0.1) is 32.6 Å². The summed E-state index contributed by atoms with van der Waals surface area (Å²) in [5, 5.41) is 10.9. The molecule has 2 bridgehead atoms. The fourth-order valence-electron chi connectivity index (χ4n) is 15.8. The summed E-state index contributed by atoms with van der Waals surface area (Å²) in [6.07, 6.45) is 24.8. The third-order valence-electron chi connectivity index (χ3n) is 20.9. The van der Waals surface area contributed by atoms with E-state index in [1.54, 1.807) is 0 Å². The molecule has 13 rings (SSSR count). The second-order valence-corrected chi connectivity index (χ2v) is 30.7. The second-order valence-electron chi connectivity index (χ2n) is 29.4. The number of carbonyl (C=O) groups is 3. The van der Waals surface area contributed by atoms with Gasteiger partial charge in [-0.25, -0.2) is 0 Å². The van der Waals surface area contributed by atoms with E-state index in [0.29, 0.717) is 31.8 Å². The lowest BCUT2D eigenvalue weighted by molar-refractivity contribution is -0.931. The van der Waals surface area contributed by atoms with E-state index >= 15 is 0 Å². The Morgan fingerprint density at radius 1 is 0.415 bits per heavy atom. The number of nitrogens with one attached hydrogen (secondary N) is 3. The molecular formula is C79H96Cl3N6O6+3. The molecule has 3 amide bonds. The van der Waals surface area contributed by atoms with Crippen LogP contribution in [0.25, 0.3) is 18.2 Å². The van der Waals surface area contributed by atoms with Gasteiger partial charge in [-0.3, -0.25) is 14.4 Å². The summed E-state index contributed by atoms with van der Waals surface area (Å²) in [6.45, 7) is 9.69. The van der Waals surface area contributed by atoms with Crippen molar-refractivity contribution in [3.05, 3.63) is 191 Å². The van der Waals surface area contributed by atoms with Crippen LogP contribution in [0.4, 0.5) is 17.1 Å². The van der Waals surface area contributed by atoms with Gasteiger partial charge in [0, 0.05) is 77.8 Å². The van der Waals surface area contributed by atoms with Gasteiger partial charge in [0.2, 0.25) is 0 Å². The minimum absolute atomic E-state index is 0.140. The summed E-state index contributed by atoms with van der Waals surface area (Å²) in [6, 6.07) is 38.2. The molecule has 3 N–H and O–H groups in total. The van der Waals surface area contributed by atoms with Crippen LogP contribution in [0.2, 0.25) is 15.1 Å². The number of hydrogen-bond donors (Lipinski definition) is 3. The molecule has 3 heterocycles. The zero-order valence-corrected chi connectivity index (χ0v) is 58.8. The van der Waals surface area contributed by atoms with Crippen LogP contribution in [-0.4, -0.2) is 111 Å². The fraction of sp³-hybridized carbons (Fsp3) is 0.430. The predicted molar refractivity (Wildman–Crippen MR) is 385 cm³/mol. The van der Waals surface area contributed by atoms with Gasteiger partial charge in [-0.05, 0) is 205 Å². The van der Waals surface area contributed by atoms with E-state index < -0.39 is 0 Å². The van der Waals surface area contributed by atoms with Crippen molar-refractivity contribution in [2.75, 3.05) is 78.1 Å². The standard InChI is InChI=1S/C27H31ClN2O2.C27H33ClN2O2.C25H29ClN2O2/c1-17-10-23(28)14-21-13-22(16-32-26(17)21)27(31)29-24-8-5-18(6-9-24)15-30(2,3)25-12-19-4-7-20(25)11-19;1-19-14-23(28)16-21-15-22(18-32-26(19)21)27(31)29-24-12-10-20(11-13-24)17-30(2,3)25-8-6-4-5-7-9-25;1-17-12-21(26)14-19-13-20(16-30-24(17)19)25(29)27-22-10-8-18(9-11-22)15-28(2,3)23-6-4-5-7-23/h5-6,8-10,13-14,19-20,25H,4,7,11-12,15-16H2,1-3H3;10-16,25H,4-9,17-18H2,1-3H3;8-14,23H,4-7,15-16H2,1-3H3/p+3. The van der Waals surface area contributed by atoms with Crippen LogP contribution in [0.5, 0.6) is 17.2 Å². The van der Waals surface area contributed by atoms with E-state index in [9.17, 15) is 14.4 Å². The highest BCUT2D eigenvalue weighted by molar-refractivity contribution is 6.31. The number of rotatable bonds is 15. The lowest BCUT2D eigenvalue weighted by atomic mass is 9.92. The van der Waals surface area contributed by atoms with Gasteiger partial charge in [-0.15, -0.1) is 0 Å². The minimum Gasteiger partial charge on any atom is -0.488 e. The van der Waals surface area contributed by atoms with Crippen molar-refractivity contribution in [3.63, 3.8) is 0 Å². The third kappa shape index (κ3) is 17.0. The Morgan fingerprint density at radius 2 is 0.734 bits per heavy atom. The van der Waals surface area contributed by atoms with Gasteiger partial charge in [0.05, 0.1) is 77.1 Å². The van der Waals surface area contributed by atoms with Crippen LogP contribution in [0.15, 0.2) is 126 Å². The van der Waals surface area contributed by atoms with Gasteiger partial charge in [-0.1, -0.05) is 84.0 Å². The van der Waals surface area contributed by atoms with E-state index in [1.165, 1.54) is 107 Å². The maximum Gasteiger partial charge on any atom is 0.255 e. The summed E-state index contributed by atoms with van der Waals surface area (Å²) < 4.78 is 20.6. The number of benzene rings is 6. The highest BCUT2D eigenvalue weighted by Gasteiger charge is 2.47. The van der Waals surface area contributed by atoms with Crippen LogP contribution >= 0.6 is 34.8 Å². The van der Waals surface area contributed by atoms with Crippen LogP contribution in [0.3, 0.4) is 0 Å². The second kappa shape index (κ2) is 29.6. The van der Waals surface area contributed by atoms with Crippen LogP contribution in [0.1, 0.15) is 140 Å². The molecule has 4 fully saturated rings. The maximum atomic E-state index is 12.8. The first-order chi connectivity index (χ1) is 44.9. The normalized spacial score (nSPS) is 19.3. The van der Waals surface area contributed by atoms with Gasteiger partial charge in [0.15, 0.2) is 0 Å². The zero-order chi connectivity index (χ0) is 66.5. The van der Waals surface area contributed by atoms with E-state index in [2.05, 4.69) is 94.6 Å². The Labute approximate surface area is 573 Å². The van der Waals surface area contributed by atoms with Crippen molar-refractivity contribution in [1.29, 1.82) is 0 Å². The van der Waals surface area contributed by atoms with E-state index in [4.69, 9.17) is 49.0 Å². The number of hydrogen-bond acceptors (Lipinski definition) is 6. The first kappa shape index (κ1) is 68.5. The third-order valence-corrected chi connectivity index (χ3v) is 21.6. The predicted octanol–water partition coefficient (Wildman–Crippen LogP) is 17.8. The summed E-state index contributed by atoms with van der Waals surface area (Å²) in [4.78, 5) is 38.4. The highest BCUT2D eigenvalue weighted by atomic mass is 35.5. The lowest BCUT2D eigenvalue weighted by Gasteiger charge is -2.40. The maximum absolute atomic E-state index is 12.8. The minimum atomic E-state index is -0.145. The molecule has 0 radical (unpaired) electrons. The topological polar surface area (TPSA) is 115 Å². The van der Waals surface area contributed by atoms with Gasteiger partial charge in [0.25, 0.3) is 17.7 Å². The average molecular weight is 1330 g/mol. The zero-order valence-electron chi connectivity index (χ0n) is 56.6. The molecular weight excluding hydrogens is 1240 g/mol. The fourth-order valence-corrected chi connectivity index (χ4v) is 16.7. The molecule has 6 aromatic carbocycles. The van der Waals surface area contributed by atoms with Gasteiger partial charge >= 0.3 is 0 Å². The molecule has 12 nitrogen and oxygen atoms in total. The number of quaternary nitrogens is 3. The Bertz CT molecular complexity index is 3840. The van der Waals surface area contributed by atoms with Crippen molar-refractivity contribution < 1.29 is 42.0 Å². The van der Waals surface area contributed by atoms with Gasteiger partial charge in [-0.2, -0.15) is 0 Å². The summed E-state index contributed by atoms with van der Waals surface area (Å²) >= 11 is 18.5. The summed E-state index contributed by atoms with van der Waals surface area (Å²) in [5.74, 6) is 3.83. The molecule has 15 heteroatoms. The van der Waals surface area contributed by atoms with Crippen LogP contribution in [-0.2, 0) is 34.0 Å².